The molecule has 186 valence electrons. The summed E-state index contributed by atoms with van der Waals surface area (Å²) in [6.45, 7) is 7.72. The van der Waals surface area contributed by atoms with Crippen molar-refractivity contribution < 1.29 is 14.3 Å². The number of amidine groups is 2. The van der Waals surface area contributed by atoms with Gasteiger partial charge in [0.2, 0.25) is 11.8 Å². The van der Waals surface area contributed by atoms with Gasteiger partial charge in [-0.3, -0.25) is 20.7 Å². The summed E-state index contributed by atoms with van der Waals surface area (Å²) in [5.74, 6) is 7.71. The fraction of sp³-hybridized carbons (Fsp3) is 0.320. The van der Waals surface area contributed by atoms with Gasteiger partial charge in [0.15, 0.2) is 5.60 Å². The molecule has 4 heterocycles. The number of thiophene rings is 1. The van der Waals surface area contributed by atoms with Crippen molar-refractivity contribution in [2.75, 3.05) is 24.7 Å². The van der Waals surface area contributed by atoms with Crippen molar-refractivity contribution in [1.29, 1.82) is 10.8 Å². The predicted molar refractivity (Wildman–Crippen MR) is 141 cm³/mol. The molecule has 0 aliphatic carbocycles. The molecule has 0 radical (unpaired) electrons. The molecule has 0 unspecified atom stereocenters. The highest BCUT2D eigenvalue weighted by Crippen LogP contribution is 2.39. The number of anilines is 1. The molecule has 0 saturated carbocycles. The molecular formula is C25H25ClN6O3S. The number of hydrogen-bond acceptors (Lipinski definition) is 9. The molecule has 2 aliphatic heterocycles. The number of aryl methyl sites for hydroxylation is 2. The Bertz CT molecular complexity index is 1390. The van der Waals surface area contributed by atoms with E-state index in [4.69, 9.17) is 31.6 Å². The van der Waals surface area contributed by atoms with Crippen LogP contribution in [0, 0.1) is 43.4 Å². The molecule has 2 aromatic heterocycles. The second-order valence-corrected chi connectivity index (χ2v) is 9.83. The number of hydrogen-bond donors (Lipinski definition) is 3. The van der Waals surface area contributed by atoms with E-state index in [0.29, 0.717) is 16.8 Å². The van der Waals surface area contributed by atoms with Crippen LogP contribution in [0.15, 0.2) is 33.7 Å². The molecule has 1 fully saturated rings. The Hall–Kier alpha value is -3.36. The third-order valence-electron chi connectivity index (χ3n) is 5.40. The summed E-state index contributed by atoms with van der Waals surface area (Å²) in [5, 5.41) is 35.4. The normalized spacial score (nSPS) is 15.9. The number of aliphatic hydroxyl groups is 1. The van der Waals surface area contributed by atoms with Crippen molar-refractivity contribution in [2.24, 2.45) is 4.99 Å². The Kier molecular flexibility index (Phi) is 7.38. The largest absolute Gasteiger partial charge is 0.426 e. The zero-order chi connectivity index (χ0) is 26.0. The van der Waals surface area contributed by atoms with Crippen LogP contribution in [0.5, 0.6) is 0 Å². The average Bonchev–Trinajstić information content (AvgIpc) is 3.29. The Morgan fingerprint density at radius 3 is 2.31 bits per heavy atom. The minimum Gasteiger partial charge on any atom is -0.426 e. The summed E-state index contributed by atoms with van der Waals surface area (Å²) >= 11 is 7.45. The average molecular weight is 525 g/mol. The standard InChI is InChI=1S/C21H19ClN4O2S.C4H6N2O/c1-12-16(7-8-21(27)10-28-11-21)29-20-18(12)19(14-3-5-15(22)6-4-14)25-9-17(24)26(20)13(2)23;1-3-5-6-4(2)7-3/h3-6,23-24,27H,9-11H2,1-2H3;1-2H3. The fourth-order valence-electron chi connectivity index (χ4n) is 3.61. The monoisotopic (exact) mass is 524 g/mol. The summed E-state index contributed by atoms with van der Waals surface area (Å²) in [5.41, 5.74) is 2.30. The lowest BCUT2D eigenvalue weighted by molar-refractivity contribution is -0.140. The number of aliphatic imine (C=N–C) groups is 1. The van der Waals surface area contributed by atoms with Crippen LogP contribution in [-0.4, -0.2) is 58.0 Å². The molecule has 1 saturated heterocycles. The molecule has 1 aromatic carbocycles. The zero-order valence-corrected chi connectivity index (χ0v) is 21.8. The van der Waals surface area contributed by atoms with Crippen LogP contribution >= 0.6 is 22.9 Å². The van der Waals surface area contributed by atoms with Gasteiger partial charge in [0.1, 0.15) is 16.7 Å². The van der Waals surface area contributed by atoms with Crippen LogP contribution in [0.4, 0.5) is 5.00 Å². The summed E-state index contributed by atoms with van der Waals surface area (Å²) in [7, 11) is 0. The van der Waals surface area contributed by atoms with Gasteiger partial charge in [0.05, 0.1) is 30.3 Å². The highest BCUT2D eigenvalue weighted by Gasteiger charge is 2.34. The van der Waals surface area contributed by atoms with Crippen LogP contribution in [0.3, 0.4) is 0 Å². The quantitative estimate of drug-likeness (QED) is 0.249. The van der Waals surface area contributed by atoms with E-state index in [2.05, 4.69) is 27.0 Å². The van der Waals surface area contributed by atoms with Crippen molar-refractivity contribution in [2.45, 2.75) is 33.3 Å². The minimum absolute atomic E-state index is 0.174. The van der Waals surface area contributed by atoms with Crippen LogP contribution in [0.25, 0.3) is 0 Å². The molecule has 0 spiro atoms. The number of nitrogens with zero attached hydrogens (tertiary/aromatic N) is 4. The van der Waals surface area contributed by atoms with Gasteiger partial charge in [0.25, 0.3) is 0 Å². The van der Waals surface area contributed by atoms with E-state index in [0.717, 1.165) is 32.3 Å². The van der Waals surface area contributed by atoms with E-state index in [9.17, 15) is 5.11 Å². The zero-order valence-electron chi connectivity index (χ0n) is 20.3. The molecule has 3 N–H and O–H groups in total. The topological polar surface area (TPSA) is 132 Å². The van der Waals surface area contributed by atoms with Crippen LogP contribution in [-0.2, 0) is 4.74 Å². The second kappa shape index (κ2) is 10.3. The lowest BCUT2D eigenvalue weighted by atomic mass is 9.99. The maximum Gasteiger partial charge on any atom is 0.213 e. The van der Waals surface area contributed by atoms with Crippen LogP contribution in [0.2, 0.25) is 5.02 Å². The third-order valence-corrected chi connectivity index (χ3v) is 6.84. The van der Waals surface area contributed by atoms with Crippen molar-refractivity contribution in [3.8, 4) is 11.8 Å². The van der Waals surface area contributed by atoms with E-state index in [1.54, 1.807) is 25.7 Å². The van der Waals surface area contributed by atoms with Crippen molar-refractivity contribution in [3.63, 3.8) is 0 Å². The molecule has 11 heteroatoms. The highest BCUT2D eigenvalue weighted by molar-refractivity contribution is 7.17. The van der Waals surface area contributed by atoms with E-state index >= 15 is 0 Å². The molecule has 3 aromatic rings. The minimum atomic E-state index is -1.11. The molecule has 0 atom stereocenters. The Morgan fingerprint density at radius 1 is 1.17 bits per heavy atom. The van der Waals surface area contributed by atoms with Crippen LogP contribution in [0.1, 0.15) is 40.3 Å². The lowest BCUT2D eigenvalue weighted by Gasteiger charge is -2.30. The first kappa shape index (κ1) is 25.7. The molecule has 0 bridgehead atoms. The Morgan fingerprint density at radius 2 is 1.81 bits per heavy atom. The van der Waals surface area contributed by atoms with Crippen molar-refractivity contribution in [1.82, 2.24) is 10.2 Å². The number of ether oxygens (including phenoxy) is 1. The number of halogens is 1. The maximum atomic E-state index is 10.2. The molecule has 9 nitrogen and oxygen atoms in total. The van der Waals surface area contributed by atoms with Gasteiger partial charge in [-0.1, -0.05) is 35.6 Å². The van der Waals surface area contributed by atoms with E-state index in [1.807, 2.05) is 31.2 Å². The maximum absolute atomic E-state index is 10.2. The molecule has 5 rings (SSSR count). The van der Waals surface area contributed by atoms with Gasteiger partial charge < -0.3 is 14.3 Å². The Balaban J connectivity index is 0.000000375. The SMILES string of the molecule is CC(=N)N1C(=N)CN=C(c2ccc(Cl)cc2)c2c1sc(C#CC1(O)COC1)c2C.Cc1nnc(C)o1. The van der Waals surface area contributed by atoms with Crippen molar-refractivity contribution in [3.05, 3.63) is 62.6 Å². The van der Waals surface area contributed by atoms with Gasteiger partial charge in [-0.05, 0) is 31.5 Å². The third kappa shape index (κ3) is 5.39. The molecular weight excluding hydrogens is 500 g/mol. The molecule has 36 heavy (non-hydrogen) atoms. The first-order valence-corrected chi connectivity index (χ1v) is 12.2. The lowest BCUT2D eigenvalue weighted by Crippen LogP contribution is -2.48. The van der Waals surface area contributed by atoms with Crippen molar-refractivity contribution >= 4 is 45.3 Å². The van der Waals surface area contributed by atoms with Gasteiger partial charge >= 0.3 is 0 Å². The molecule has 0 amide bonds. The van der Waals surface area contributed by atoms with Gasteiger partial charge in [0, 0.05) is 30.0 Å². The van der Waals surface area contributed by atoms with Gasteiger partial charge in [-0.2, -0.15) is 0 Å². The van der Waals surface area contributed by atoms with E-state index < -0.39 is 5.60 Å². The van der Waals surface area contributed by atoms with Gasteiger partial charge in [-0.15, -0.1) is 21.5 Å². The fourth-order valence-corrected chi connectivity index (χ4v) is 4.98. The number of fused-ring (bicyclic) bond motifs is 1. The predicted octanol–water partition coefficient (Wildman–Crippen LogP) is 4.14. The summed E-state index contributed by atoms with van der Waals surface area (Å²) < 4.78 is 9.92. The van der Waals surface area contributed by atoms with Crippen LogP contribution < -0.4 is 4.90 Å². The van der Waals surface area contributed by atoms with E-state index in [1.165, 1.54) is 11.3 Å². The number of aromatic nitrogens is 2. The number of rotatable bonds is 1. The second-order valence-electron chi connectivity index (χ2n) is 8.39. The number of nitrogens with one attached hydrogen (secondary N) is 2. The first-order valence-electron chi connectivity index (χ1n) is 11.0. The summed E-state index contributed by atoms with van der Waals surface area (Å²) in [4.78, 5) is 7.07. The van der Waals surface area contributed by atoms with Gasteiger partial charge in [-0.25, -0.2) is 0 Å². The smallest absolute Gasteiger partial charge is 0.213 e. The summed E-state index contributed by atoms with van der Waals surface area (Å²) in [6, 6.07) is 7.42. The summed E-state index contributed by atoms with van der Waals surface area (Å²) in [6.07, 6.45) is 0. The number of benzene rings is 1. The Labute approximate surface area is 217 Å². The highest BCUT2D eigenvalue weighted by atomic mass is 35.5. The molecule has 2 aliphatic rings. The van der Waals surface area contributed by atoms with E-state index in [-0.39, 0.29) is 31.4 Å². The first-order chi connectivity index (χ1) is 17.1.